The van der Waals surface area contributed by atoms with Gasteiger partial charge in [-0.2, -0.15) is 13.2 Å². The number of fused-ring (bicyclic) bond motifs is 2. The molecule has 3 heterocycles. The molecule has 2 aliphatic rings. The molecule has 0 radical (unpaired) electrons. The average Bonchev–Trinajstić information content (AvgIpc) is 3.34. The zero-order valence-corrected chi connectivity index (χ0v) is 24.3. The van der Waals surface area contributed by atoms with Crippen LogP contribution in [0.5, 0.6) is 0 Å². The highest BCUT2D eigenvalue weighted by Crippen LogP contribution is 2.54. The van der Waals surface area contributed by atoms with Crippen LogP contribution >= 0.6 is 23.1 Å². The molecule has 7 nitrogen and oxygen atoms in total. The predicted molar refractivity (Wildman–Crippen MR) is 149 cm³/mol. The molecule has 0 spiro atoms. The Morgan fingerprint density at radius 2 is 1.66 bits per heavy atom. The van der Waals surface area contributed by atoms with E-state index in [4.69, 9.17) is 4.74 Å². The normalized spacial score (nSPS) is 20.7. The number of amides is 2. The van der Waals surface area contributed by atoms with Crippen molar-refractivity contribution in [3.8, 4) is 0 Å². The molecule has 0 aliphatic carbocycles. The summed E-state index contributed by atoms with van der Waals surface area (Å²) in [6.07, 6.45) is -4.66. The summed E-state index contributed by atoms with van der Waals surface area (Å²) in [6.45, 7) is 7.57. The lowest BCUT2D eigenvalue weighted by molar-refractivity contribution is -0.144. The van der Waals surface area contributed by atoms with Crippen molar-refractivity contribution in [1.29, 1.82) is 0 Å². The number of alkyl halides is 3. The first-order chi connectivity index (χ1) is 19.2. The van der Waals surface area contributed by atoms with E-state index in [1.54, 1.807) is 6.92 Å². The van der Waals surface area contributed by atoms with E-state index < -0.39 is 51.5 Å². The first-order valence-electron chi connectivity index (χ1n) is 12.9. The summed E-state index contributed by atoms with van der Waals surface area (Å²) < 4.78 is 46.7. The number of thioether (sulfide) groups is 1. The van der Waals surface area contributed by atoms with E-state index in [9.17, 15) is 32.3 Å². The van der Waals surface area contributed by atoms with Gasteiger partial charge in [0.2, 0.25) is 11.8 Å². The number of nitrogens with zero attached hydrogens (tertiary/aromatic N) is 2. The Morgan fingerprint density at radius 1 is 0.976 bits per heavy atom. The van der Waals surface area contributed by atoms with Crippen LogP contribution in [0, 0.1) is 5.92 Å². The van der Waals surface area contributed by atoms with Crippen molar-refractivity contribution >= 4 is 46.6 Å². The van der Waals surface area contributed by atoms with Crippen molar-refractivity contribution in [3.63, 3.8) is 0 Å². The number of carbonyl (C=O) groups excluding carboxylic acids is 3. The van der Waals surface area contributed by atoms with Gasteiger partial charge in [0, 0.05) is 10.8 Å². The molecule has 5 rings (SSSR count). The number of carbonyl (C=O) groups is 3. The van der Waals surface area contributed by atoms with E-state index in [0.717, 1.165) is 51.8 Å². The lowest BCUT2D eigenvalue weighted by atomic mass is 9.81. The van der Waals surface area contributed by atoms with Crippen LogP contribution in [0.2, 0.25) is 0 Å². The van der Waals surface area contributed by atoms with E-state index in [1.807, 2.05) is 24.3 Å². The van der Waals surface area contributed by atoms with E-state index in [2.05, 4.69) is 20.8 Å². The second-order valence-electron chi connectivity index (χ2n) is 10.9. The fourth-order valence-corrected chi connectivity index (χ4v) is 7.99. The van der Waals surface area contributed by atoms with E-state index in [1.165, 1.54) is 10.6 Å². The third-order valence-electron chi connectivity index (χ3n) is 7.21. The van der Waals surface area contributed by atoms with Crippen LogP contribution < -0.4 is 9.77 Å². The number of imide groups is 1. The highest BCUT2D eigenvalue weighted by atomic mass is 32.2. The first-order valence-corrected chi connectivity index (χ1v) is 14.6. The van der Waals surface area contributed by atoms with Gasteiger partial charge in [-0.15, -0.1) is 0 Å². The van der Waals surface area contributed by atoms with Crippen molar-refractivity contribution in [2.45, 2.75) is 62.0 Å². The third kappa shape index (κ3) is 5.23. The maximum Gasteiger partial charge on any atom is 0.416 e. The minimum absolute atomic E-state index is 0.124. The van der Waals surface area contributed by atoms with Gasteiger partial charge in [-0.25, -0.2) is 4.90 Å². The smallest absolute Gasteiger partial charge is 0.416 e. The Bertz CT molecular complexity index is 1590. The summed E-state index contributed by atoms with van der Waals surface area (Å²) in [5.41, 5.74) is 0.428. The Morgan fingerprint density at radius 3 is 2.27 bits per heavy atom. The Labute approximate surface area is 242 Å². The zero-order chi connectivity index (χ0) is 29.9. The largest absolute Gasteiger partial charge is 0.465 e. The molecule has 0 N–H and O–H groups in total. The van der Waals surface area contributed by atoms with Gasteiger partial charge in [-0.05, 0) is 41.7 Å². The van der Waals surface area contributed by atoms with Gasteiger partial charge in [0.25, 0.3) is 0 Å². The van der Waals surface area contributed by atoms with Crippen LogP contribution in [0.3, 0.4) is 0 Å². The molecular formula is C29H27F3N2O5S2. The van der Waals surface area contributed by atoms with Crippen molar-refractivity contribution in [2.24, 2.45) is 5.92 Å². The summed E-state index contributed by atoms with van der Waals surface area (Å²) in [4.78, 5) is 54.0. The van der Waals surface area contributed by atoms with Gasteiger partial charge in [0.1, 0.15) is 11.8 Å². The molecule has 1 fully saturated rings. The van der Waals surface area contributed by atoms with E-state index in [-0.39, 0.29) is 24.3 Å². The summed E-state index contributed by atoms with van der Waals surface area (Å²) in [5, 5.41) is -0.634. The minimum Gasteiger partial charge on any atom is -0.465 e. The lowest BCUT2D eigenvalue weighted by Crippen LogP contribution is -2.32. The van der Waals surface area contributed by atoms with Crippen LogP contribution in [-0.4, -0.2) is 34.2 Å². The van der Waals surface area contributed by atoms with E-state index >= 15 is 0 Å². The number of halogens is 3. The zero-order valence-electron chi connectivity index (χ0n) is 22.7. The van der Waals surface area contributed by atoms with Crippen LogP contribution in [0.1, 0.15) is 55.2 Å². The fourth-order valence-electron chi connectivity index (χ4n) is 5.22. The number of hydrogen-bond acceptors (Lipinski definition) is 7. The Hall–Kier alpha value is -3.38. The fraction of sp³-hybridized carbons (Fsp3) is 0.379. The maximum atomic E-state index is 13.9. The Balaban J connectivity index is 1.64. The number of ether oxygens (including phenoxy) is 1. The van der Waals surface area contributed by atoms with Crippen molar-refractivity contribution in [3.05, 3.63) is 79.8 Å². The number of anilines is 1. The van der Waals surface area contributed by atoms with Crippen molar-refractivity contribution < 1.29 is 32.3 Å². The molecule has 3 aromatic rings. The number of rotatable bonds is 5. The second kappa shape index (κ2) is 10.5. The topological polar surface area (TPSA) is 85.7 Å². The molecule has 41 heavy (non-hydrogen) atoms. The summed E-state index contributed by atoms with van der Waals surface area (Å²) in [6, 6.07) is 11.7. The molecule has 216 valence electrons. The summed E-state index contributed by atoms with van der Waals surface area (Å²) >= 11 is 1.88. The maximum absolute atomic E-state index is 13.9. The molecule has 1 aromatic heterocycles. The first kappa shape index (κ1) is 29.1. The average molecular weight is 605 g/mol. The van der Waals surface area contributed by atoms with Gasteiger partial charge >= 0.3 is 17.0 Å². The molecule has 2 aliphatic heterocycles. The molecular weight excluding hydrogens is 577 g/mol. The third-order valence-corrected chi connectivity index (χ3v) is 9.81. The van der Waals surface area contributed by atoms with Gasteiger partial charge in [0.05, 0.1) is 28.8 Å². The minimum atomic E-state index is -4.66. The number of benzene rings is 2. The lowest BCUT2D eigenvalue weighted by Gasteiger charge is -2.31. The molecule has 12 heteroatoms. The van der Waals surface area contributed by atoms with Crippen LogP contribution in [0.25, 0.3) is 0 Å². The van der Waals surface area contributed by atoms with Crippen molar-refractivity contribution in [2.75, 3.05) is 11.5 Å². The number of thiazole rings is 1. The number of hydrogen-bond donors (Lipinski definition) is 0. The second-order valence-corrected chi connectivity index (χ2v) is 13.0. The van der Waals surface area contributed by atoms with Gasteiger partial charge in [0.15, 0.2) is 0 Å². The SMILES string of the molecule is CCOC(=O)Cn1c2c(sc1=O)[C@H](c1ccc(C(C)(C)C)cc1)C1C(=O)N(c3cccc(C(F)(F)F)c3)C(=O)C1S2. The number of aromatic nitrogens is 1. The quantitative estimate of drug-likeness (QED) is 0.279. The predicted octanol–water partition coefficient (Wildman–Crippen LogP) is 5.59. The van der Waals surface area contributed by atoms with Crippen LogP contribution in [-0.2, 0) is 37.3 Å². The molecule has 2 unspecified atom stereocenters. The molecule has 2 aromatic carbocycles. The molecule has 2 amide bonds. The van der Waals surface area contributed by atoms with E-state index in [0.29, 0.717) is 15.5 Å². The monoisotopic (exact) mass is 604 g/mol. The molecule has 0 bridgehead atoms. The van der Waals surface area contributed by atoms with Gasteiger partial charge < -0.3 is 4.74 Å². The van der Waals surface area contributed by atoms with Crippen molar-refractivity contribution in [1.82, 2.24) is 4.57 Å². The standard InChI is InChI=1S/C29H27F3N2O5S2/c1-5-39-19(35)14-33-26-23(41-27(33)38)20(15-9-11-16(12-10-15)28(2,3)4)21-22(40-26)25(37)34(24(21)36)18-8-6-7-17(13-18)29(30,31)32/h6-13,20-22H,5,14H2,1-4H3/t20-,21?,22?/m1/s1. The van der Waals surface area contributed by atoms with Gasteiger partial charge in [-0.3, -0.25) is 23.7 Å². The summed E-state index contributed by atoms with van der Waals surface area (Å²) in [7, 11) is 0. The molecule has 0 saturated carbocycles. The molecule has 3 atom stereocenters. The van der Waals surface area contributed by atoms with Gasteiger partial charge in [-0.1, -0.05) is 74.2 Å². The highest BCUT2D eigenvalue weighted by Gasteiger charge is 2.57. The number of esters is 1. The summed E-state index contributed by atoms with van der Waals surface area (Å²) in [5.74, 6) is -3.63. The highest BCUT2D eigenvalue weighted by molar-refractivity contribution is 8.00. The van der Waals surface area contributed by atoms with Crippen LogP contribution in [0.15, 0.2) is 58.4 Å². The van der Waals surface area contributed by atoms with Crippen LogP contribution in [0.4, 0.5) is 18.9 Å². The Kier molecular flexibility index (Phi) is 7.44. The molecule has 1 saturated heterocycles.